The molecular weight excluding hydrogens is 134 g/mol. The normalized spacial score (nSPS) is 10.4. The second-order valence-corrected chi connectivity index (χ2v) is 1.74. The molecular formula is C4H3N5O. The van der Waals surface area contributed by atoms with Gasteiger partial charge in [0, 0.05) is 0 Å². The lowest BCUT2D eigenvalue weighted by Gasteiger charge is -1.96. The van der Waals surface area contributed by atoms with Crippen LogP contribution >= 0.6 is 0 Å². The molecule has 0 unspecified atom stereocenters. The number of nitrogens with zero attached hydrogens (tertiary/aromatic N) is 5. The topological polar surface area (TPSA) is 76.7 Å². The lowest BCUT2D eigenvalue weighted by Crippen LogP contribution is -1.99. The highest BCUT2D eigenvalue weighted by Gasteiger charge is 2.09. The fraction of sp³-hybridized carbons (Fsp3) is 0. The molecule has 2 heterocycles. The molecule has 0 spiro atoms. The van der Waals surface area contributed by atoms with Gasteiger partial charge in [-0.15, -0.1) is 10.2 Å². The molecule has 2 rings (SSSR count). The van der Waals surface area contributed by atoms with Crippen molar-refractivity contribution < 1.29 is 5.21 Å². The molecule has 0 aromatic heterocycles. The summed E-state index contributed by atoms with van der Waals surface area (Å²) in [7, 11) is 0. The number of rotatable bonds is 0. The minimum atomic E-state index is 0.315. The van der Waals surface area contributed by atoms with Gasteiger partial charge >= 0.3 is 0 Å². The van der Waals surface area contributed by atoms with Crippen molar-refractivity contribution in [1.29, 1.82) is 0 Å². The van der Waals surface area contributed by atoms with Gasteiger partial charge in [-0.2, -0.15) is 4.73 Å². The number of hydrogen-bond donors (Lipinski definition) is 1. The molecule has 0 saturated heterocycles. The Labute approximate surface area is 55.5 Å². The van der Waals surface area contributed by atoms with Gasteiger partial charge in [-0.3, -0.25) is 0 Å². The Morgan fingerprint density at radius 2 is 2.30 bits per heavy atom. The Balaban J connectivity index is 2.80. The summed E-state index contributed by atoms with van der Waals surface area (Å²) in [6.45, 7) is 0. The van der Waals surface area contributed by atoms with E-state index in [0.29, 0.717) is 11.5 Å². The Hall–Kier alpha value is -1.72. The molecule has 1 N–H and O–H groups in total. The van der Waals surface area contributed by atoms with Crippen molar-refractivity contribution in [2.45, 2.75) is 0 Å². The minimum Gasteiger partial charge on any atom is -0.425 e. The second kappa shape index (κ2) is 1.63. The van der Waals surface area contributed by atoms with Gasteiger partial charge in [-0.1, -0.05) is 0 Å². The number of aromatic nitrogens is 5. The van der Waals surface area contributed by atoms with Crippen LogP contribution in [0.25, 0.3) is 11.5 Å². The van der Waals surface area contributed by atoms with Crippen LogP contribution in [0.1, 0.15) is 0 Å². The molecule has 0 fully saturated rings. The van der Waals surface area contributed by atoms with E-state index in [0.717, 1.165) is 4.73 Å². The van der Waals surface area contributed by atoms with Gasteiger partial charge in [0.1, 0.15) is 6.33 Å². The quantitative estimate of drug-likeness (QED) is 0.491. The van der Waals surface area contributed by atoms with Gasteiger partial charge in [0.05, 0.1) is 6.20 Å². The van der Waals surface area contributed by atoms with Crippen LogP contribution in [0.5, 0.6) is 0 Å². The predicted molar refractivity (Wildman–Crippen MR) is 29.4 cm³/mol. The fourth-order valence-electron chi connectivity index (χ4n) is 0.677. The van der Waals surface area contributed by atoms with Crippen LogP contribution in [0.3, 0.4) is 0 Å². The summed E-state index contributed by atoms with van der Waals surface area (Å²) in [6, 6.07) is 0. The largest absolute Gasteiger partial charge is 0.425 e. The third kappa shape index (κ3) is 0.524. The number of fused-ring (bicyclic) bond motifs is 1. The summed E-state index contributed by atoms with van der Waals surface area (Å²) in [5.41, 5.74) is 0.477. The standard InChI is InChI=1S/C4H3N5O/c10-9-2-5-1-3-4(9)7-8-6-3/h1-2,10H. The van der Waals surface area contributed by atoms with Crippen molar-refractivity contribution >= 4 is 0 Å². The van der Waals surface area contributed by atoms with Crippen molar-refractivity contribution in [2.24, 2.45) is 0 Å². The smallest absolute Gasteiger partial charge is 0.222 e. The molecule has 0 bridgehead atoms. The van der Waals surface area contributed by atoms with Gasteiger partial charge in [0.15, 0.2) is 5.69 Å². The molecule has 0 radical (unpaired) electrons. The van der Waals surface area contributed by atoms with Crippen LogP contribution < -0.4 is 0 Å². The average Bonchev–Trinajstić information content (AvgIpc) is 2.36. The highest BCUT2D eigenvalue weighted by atomic mass is 16.5. The molecule has 0 saturated carbocycles. The lowest BCUT2D eigenvalue weighted by molar-refractivity contribution is 0.182. The molecule has 0 aliphatic carbocycles. The Bertz CT molecular complexity index is 318. The third-order valence-corrected chi connectivity index (χ3v) is 1.11. The maximum Gasteiger partial charge on any atom is 0.222 e. The molecule has 6 heteroatoms. The van der Waals surface area contributed by atoms with E-state index in [9.17, 15) is 0 Å². The van der Waals surface area contributed by atoms with Gasteiger partial charge in [-0.25, -0.2) is 4.98 Å². The van der Waals surface area contributed by atoms with E-state index in [1.54, 1.807) is 0 Å². The molecule has 10 heavy (non-hydrogen) atoms. The van der Waals surface area contributed by atoms with E-state index in [1.807, 2.05) is 0 Å². The first-order valence-corrected chi connectivity index (χ1v) is 2.58. The fourth-order valence-corrected chi connectivity index (χ4v) is 0.677. The van der Waals surface area contributed by atoms with Gasteiger partial charge in [-0.05, 0) is 5.21 Å². The summed E-state index contributed by atoms with van der Waals surface area (Å²) in [5, 5.41) is 19.4. The molecule has 6 nitrogen and oxygen atoms in total. The summed E-state index contributed by atoms with van der Waals surface area (Å²) < 4.78 is 0.773. The van der Waals surface area contributed by atoms with E-state index in [4.69, 9.17) is 5.21 Å². The highest BCUT2D eigenvalue weighted by molar-refractivity contribution is 5.46. The second-order valence-electron chi connectivity index (χ2n) is 1.74. The Morgan fingerprint density at radius 1 is 1.40 bits per heavy atom. The zero-order valence-corrected chi connectivity index (χ0v) is 4.84. The molecule has 2 aliphatic heterocycles. The van der Waals surface area contributed by atoms with Crippen LogP contribution in [0, 0.1) is 0 Å². The first kappa shape index (κ1) is 5.10. The Morgan fingerprint density at radius 3 is 3.10 bits per heavy atom. The number of hydrogen-bond acceptors (Lipinski definition) is 5. The van der Waals surface area contributed by atoms with Crippen LogP contribution in [0.4, 0.5) is 0 Å². The van der Waals surface area contributed by atoms with Crippen LogP contribution in [0.2, 0.25) is 0 Å². The van der Waals surface area contributed by atoms with Crippen molar-refractivity contribution in [3.8, 4) is 11.5 Å². The zero-order valence-electron chi connectivity index (χ0n) is 4.84. The molecule has 0 atom stereocenters. The summed E-state index contributed by atoms with van der Waals surface area (Å²) >= 11 is 0. The van der Waals surface area contributed by atoms with Crippen LogP contribution in [-0.4, -0.2) is 30.3 Å². The Kier molecular flexibility index (Phi) is 0.830. The lowest BCUT2D eigenvalue weighted by atomic mass is 10.4. The summed E-state index contributed by atoms with van der Waals surface area (Å²) in [4.78, 5) is 3.66. The van der Waals surface area contributed by atoms with Crippen molar-refractivity contribution in [3.05, 3.63) is 12.5 Å². The molecule has 50 valence electrons. The van der Waals surface area contributed by atoms with Crippen molar-refractivity contribution in [2.75, 3.05) is 0 Å². The van der Waals surface area contributed by atoms with E-state index in [-0.39, 0.29) is 0 Å². The highest BCUT2D eigenvalue weighted by Crippen LogP contribution is 2.09. The van der Waals surface area contributed by atoms with Crippen LogP contribution in [0.15, 0.2) is 12.5 Å². The SMILES string of the molecule is On1cncc2nnnc1-2. The zero-order chi connectivity index (χ0) is 6.97. The van der Waals surface area contributed by atoms with Gasteiger partial charge in [0.25, 0.3) is 0 Å². The van der Waals surface area contributed by atoms with Crippen molar-refractivity contribution in [1.82, 2.24) is 25.1 Å². The van der Waals surface area contributed by atoms with E-state index >= 15 is 0 Å². The summed E-state index contributed by atoms with van der Waals surface area (Å²) in [5.74, 6) is 0.315. The first-order chi connectivity index (χ1) is 4.88. The van der Waals surface area contributed by atoms with E-state index < -0.39 is 0 Å². The first-order valence-electron chi connectivity index (χ1n) is 2.58. The van der Waals surface area contributed by atoms with Crippen molar-refractivity contribution in [3.63, 3.8) is 0 Å². The van der Waals surface area contributed by atoms with E-state index in [2.05, 4.69) is 20.4 Å². The van der Waals surface area contributed by atoms with Gasteiger partial charge in [0.2, 0.25) is 5.82 Å². The van der Waals surface area contributed by atoms with E-state index in [1.165, 1.54) is 12.5 Å². The van der Waals surface area contributed by atoms with Gasteiger partial charge < -0.3 is 5.21 Å². The third-order valence-electron chi connectivity index (χ3n) is 1.11. The molecule has 2 aliphatic rings. The molecule has 0 aromatic rings. The monoisotopic (exact) mass is 137 g/mol. The maximum atomic E-state index is 8.97. The minimum absolute atomic E-state index is 0.315. The average molecular weight is 137 g/mol. The molecule has 0 aromatic carbocycles. The maximum absolute atomic E-state index is 8.97. The van der Waals surface area contributed by atoms with Crippen LogP contribution in [-0.2, 0) is 0 Å². The summed E-state index contributed by atoms with van der Waals surface area (Å²) in [6.07, 6.45) is 2.70. The molecule has 0 amide bonds. The predicted octanol–water partition coefficient (Wildman–Crippen LogP) is -0.590.